The Morgan fingerprint density at radius 3 is 3.09 bits per heavy atom. The fourth-order valence-corrected chi connectivity index (χ4v) is 1.43. The van der Waals surface area contributed by atoms with E-state index in [4.69, 9.17) is 0 Å². The molecule has 0 saturated carbocycles. The van der Waals surface area contributed by atoms with Crippen molar-refractivity contribution >= 4 is 0 Å². The van der Waals surface area contributed by atoms with E-state index in [9.17, 15) is 0 Å². The van der Waals surface area contributed by atoms with Gasteiger partial charge in [0, 0.05) is 37.4 Å². The third-order valence-corrected chi connectivity index (χ3v) is 2.28. The molecule has 0 atom stereocenters. The average Bonchev–Trinajstić information content (AvgIpc) is 2.32. The highest BCUT2D eigenvalue weighted by Gasteiger charge is 2.21. The molecule has 1 N–H and O–H groups in total. The molecule has 1 aromatic heterocycles. The quantitative estimate of drug-likeness (QED) is 0.670. The first-order valence-electron chi connectivity index (χ1n) is 4.12. The fourth-order valence-electron chi connectivity index (χ4n) is 1.43. The second kappa shape index (κ2) is 2.66. The second-order valence-corrected chi connectivity index (χ2v) is 2.96. The molecule has 0 aliphatic carbocycles. The molecule has 0 unspecified atom stereocenters. The zero-order chi connectivity index (χ0) is 7.68. The van der Waals surface area contributed by atoms with Crippen LogP contribution in [0.4, 0.5) is 0 Å². The summed E-state index contributed by atoms with van der Waals surface area (Å²) in [7, 11) is 0. The van der Waals surface area contributed by atoms with Gasteiger partial charge in [0.05, 0.1) is 6.33 Å². The van der Waals surface area contributed by atoms with Gasteiger partial charge in [-0.05, 0) is 6.92 Å². The van der Waals surface area contributed by atoms with E-state index in [-0.39, 0.29) is 0 Å². The van der Waals surface area contributed by atoms with Crippen LogP contribution in [0.3, 0.4) is 0 Å². The summed E-state index contributed by atoms with van der Waals surface area (Å²) < 4.78 is 2.21. The van der Waals surface area contributed by atoms with Crippen molar-refractivity contribution in [2.45, 2.75) is 19.4 Å². The minimum Gasteiger partial charge on any atom is -0.335 e. The van der Waals surface area contributed by atoms with Crippen LogP contribution in [0, 0.1) is 0 Å². The SMILES string of the molecule is CCn1cncc1C1CNC1. The van der Waals surface area contributed by atoms with Crippen LogP contribution in [-0.4, -0.2) is 22.6 Å². The predicted molar refractivity (Wildman–Crippen MR) is 43.5 cm³/mol. The van der Waals surface area contributed by atoms with E-state index in [0.29, 0.717) is 5.92 Å². The van der Waals surface area contributed by atoms with E-state index in [1.54, 1.807) is 0 Å². The summed E-state index contributed by atoms with van der Waals surface area (Å²) in [5, 5.41) is 3.26. The number of aromatic nitrogens is 2. The van der Waals surface area contributed by atoms with Crippen molar-refractivity contribution in [1.29, 1.82) is 0 Å². The van der Waals surface area contributed by atoms with Crippen molar-refractivity contribution in [2.75, 3.05) is 13.1 Å². The van der Waals surface area contributed by atoms with Gasteiger partial charge in [-0.2, -0.15) is 0 Å². The molecule has 1 aromatic rings. The molecular weight excluding hydrogens is 138 g/mol. The largest absolute Gasteiger partial charge is 0.335 e. The van der Waals surface area contributed by atoms with E-state index >= 15 is 0 Å². The summed E-state index contributed by atoms with van der Waals surface area (Å²) in [5.74, 6) is 0.706. The maximum atomic E-state index is 4.13. The van der Waals surface area contributed by atoms with Gasteiger partial charge in [-0.25, -0.2) is 4.98 Å². The van der Waals surface area contributed by atoms with E-state index < -0.39 is 0 Å². The fraction of sp³-hybridized carbons (Fsp3) is 0.625. The van der Waals surface area contributed by atoms with Gasteiger partial charge >= 0.3 is 0 Å². The maximum Gasteiger partial charge on any atom is 0.0948 e. The zero-order valence-corrected chi connectivity index (χ0v) is 6.75. The Bertz CT molecular complexity index is 237. The summed E-state index contributed by atoms with van der Waals surface area (Å²) in [6.07, 6.45) is 3.89. The van der Waals surface area contributed by atoms with Crippen LogP contribution >= 0.6 is 0 Å². The molecule has 2 heterocycles. The smallest absolute Gasteiger partial charge is 0.0948 e. The summed E-state index contributed by atoms with van der Waals surface area (Å²) in [5.41, 5.74) is 1.38. The van der Waals surface area contributed by atoms with E-state index in [1.807, 2.05) is 12.5 Å². The average molecular weight is 151 g/mol. The van der Waals surface area contributed by atoms with Crippen molar-refractivity contribution in [3.8, 4) is 0 Å². The number of hydrogen-bond acceptors (Lipinski definition) is 2. The molecule has 0 spiro atoms. The van der Waals surface area contributed by atoms with E-state index in [0.717, 1.165) is 19.6 Å². The third kappa shape index (κ3) is 1.05. The van der Waals surface area contributed by atoms with Gasteiger partial charge in [0.25, 0.3) is 0 Å². The predicted octanol–water partition coefficient (Wildman–Crippen LogP) is 0.590. The maximum absolute atomic E-state index is 4.13. The highest BCUT2D eigenvalue weighted by atomic mass is 15.1. The Labute approximate surface area is 66.4 Å². The van der Waals surface area contributed by atoms with Crippen LogP contribution < -0.4 is 5.32 Å². The summed E-state index contributed by atoms with van der Waals surface area (Å²) >= 11 is 0. The van der Waals surface area contributed by atoms with Crippen LogP contribution in [0.1, 0.15) is 18.5 Å². The van der Waals surface area contributed by atoms with Crippen LogP contribution in [-0.2, 0) is 6.54 Å². The summed E-state index contributed by atoms with van der Waals surface area (Å²) in [6, 6.07) is 0. The summed E-state index contributed by atoms with van der Waals surface area (Å²) in [6.45, 7) is 5.42. The number of aryl methyl sites for hydroxylation is 1. The minimum absolute atomic E-state index is 0.706. The molecule has 1 saturated heterocycles. The number of nitrogens with one attached hydrogen (secondary N) is 1. The van der Waals surface area contributed by atoms with Gasteiger partial charge in [0.1, 0.15) is 0 Å². The van der Waals surface area contributed by atoms with Gasteiger partial charge in [-0.15, -0.1) is 0 Å². The number of hydrogen-bond donors (Lipinski definition) is 1. The van der Waals surface area contributed by atoms with E-state index in [1.165, 1.54) is 5.69 Å². The molecule has 2 rings (SSSR count). The Kier molecular flexibility index (Phi) is 1.66. The normalized spacial score (nSPS) is 18.3. The standard InChI is InChI=1S/C8H13N3/c1-2-11-6-10-5-8(11)7-3-9-4-7/h5-7,9H,2-4H2,1H3. The Balaban J connectivity index is 2.20. The monoisotopic (exact) mass is 151 g/mol. The van der Waals surface area contributed by atoms with Gasteiger partial charge in [-0.3, -0.25) is 0 Å². The van der Waals surface area contributed by atoms with Crippen molar-refractivity contribution < 1.29 is 0 Å². The lowest BCUT2D eigenvalue weighted by molar-refractivity contribution is 0.426. The molecule has 1 fully saturated rings. The molecule has 0 radical (unpaired) electrons. The highest BCUT2D eigenvalue weighted by molar-refractivity contribution is 5.11. The molecule has 3 heteroatoms. The van der Waals surface area contributed by atoms with E-state index in [2.05, 4.69) is 21.8 Å². The zero-order valence-electron chi connectivity index (χ0n) is 6.75. The topological polar surface area (TPSA) is 29.9 Å². The molecule has 60 valence electrons. The molecule has 1 aliphatic heterocycles. The van der Waals surface area contributed by atoms with Crippen LogP contribution in [0.5, 0.6) is 0 Å². The van der Waals surface area contributed by atoms with Gasteiger partial charge in [-0.1, -0.05) is 0 Å². The Morgan fingerprint density at radius 1 is 1.73 bits per heavy atom. The van der Waals surface area contributed by atoms with Crippen molar-refractivity contribution in [2.24, 2.45) is 0 Å². The van der Waals surface area contributed by atoms with Crippen LogP contribution in [0.2, 0.25) is 0 Å². The van der Waals surface area contributed by atoms with Crippen molar-refractivity contribution in [3.05, 3.63) is 18.2 Å². The lowest BCUT2D eigenvalue weighted by atomic mass is 10.00. The third-order valence-electron chi connectivity index (χ3n) is 2.28. The summed E-state index contributed by atoms with van der Waals surface area (Å²) in [4.78, 5) is 4.13. The molecular formula is C8H13N3. The van der Waals surface area contributed by atoms with Gasteiger partial charge < -0.3 is 9.88 Å². The first kappa shape index (κ1) is 6.85. The minimum atomic E-state index is 0.706. The van der Waals surface area contributed by atoms with Gasteiger partial charge in [0.2, 0.25) is 0 Å². The molecule has 11 heavy (non-hydrogen) atoms. The Morgan fingerprint density at radius 2 is 2.55 bits per heavy atom. The first-order chi connectivity index (χ1) is 5.42. The molecule has 0 amide bonds. The second-order valence-electron chi connectivity index (χ2n) is 2.96. The van der Waals surface area contributed by atoms with Crippen LogP contribution in [0.15, 0.2) is 12.5 Å². The lowest BCUT2D eigenvalue weighted by Crippen LogP contribution is -2.40. The molecule has 0 bridgehead atoms. The molecule has 3 nitrogen and oxygen atoms in total. The first-order valence-corrected chi connectivity index (χ1v) is 4.12. The number of nitrogens with zero attached hydrogens (tertiary/aromatic N) is 2. The number of rotatable bonds is 2. The van der Waals surface area contributed by atoms with Crippen molar-refractivity contribution in [1.82, 2.24) is 14.9 Å². The number of imidazole rings is 1. The highest BCUT2D eigenvalue weighted by Crippen LogP contribution is 2.18. The molecule has 0 aromatic carbocycles. The Hall–Kier alpha value is -0.830. The van der Waals surface area contributed by atoms with Gasteiger partial charge in [0.15, 0.2) is 0 Å². The lowest BCUT2D eigenvalue weighted by Gasteiger charge is -2.27. The molecule has 1 aliphatic rings. The van der Waals surface area contributed by atoms with Crippen molar-refractivity contribution in [3.63, 3.8) is 0 Å². The van der Waals surface area contributed by atoms with Crippen LogP contribution in [0.25, 0.3) is 0 Å².